The van der Waals surface area contributed by atoms with Crippen LogP contribution >= 0.6 is 0 Å². The molecule has 39 heavy (non-hydrogen) atoms. The zero-order valence-corrected chi connectivity index (χ0v) is 21.4. The number of aryl methyl sites for hydroxylation is 1. The molecular formula is C25H25F4N5O4S. The molecule has 1 saturated heterocycles. The average molecular weight is 568 g/mol. The number of hydrogen-bond acceptors (Lipinski definition) is 6. The second-order valence-corrected chi connectivity index (χ2v) is 11.2. The Morgan fingerprint density at radius 1 is 1.10 bits per heavy atom. The monoisotopic (exact) mass is 567 g/mol. The van der Waals surface area contributed by atoms with Gasteiger partial charge < -0.3 is 19.9 Å². The molecule has 0 radical (unpaired) electrons. The molecule has 1 amide bonds. The third-order valence-electron chi connectivity index (χ3n) is 6.85. The Morgan fingerprint density at radius 2 is 1.85 bits per heavy atom. The van der Waals surface area contributed by atoms with Crippen molar-refractivity contribution in [1.82, 2.24) is 9.55 Å². The van der Waals surface area contributed by atoms with Gasteiger partial charge in [0.25, 0.3) is 12.0 Å². The van der Waals surface area contributed by atoms with Gasteiger partial charge in [-0.3, -0.25) is 9.52 Å². The van der Waals surface area contributed by atoms with Crippen molar-refractivity contribution in [3.8, 4) is 0 Å². The summed E-state index contributed by atoms with van der Waals surface area (Å²) >= 11 is 0. The molecule has 2 aliphatic heterocycles. The second kappa shape index (κ2) is 10.2. The minimum Gasteiger partial charge on any atom is -0.395 e. The normalized spacial score (nSPS) is 16.8. The third-order valence-corrected chi connectivity index (χ3v) is 8.12. The van der Waals surface area contributed by atoms with Gasteiger partial charge in [-0.2, -0.15) is 17.6 Å². The second-order valence-electron chi connectivity index (χ2n) is 9.40. The number of aliphatic hydroxyl groups excluding tert-OH is 1. The number of hydrogen-bond donors (Lipinski definition) is 3. The Balaban J connectivity index is 1.49. The molecule has 0 aliphatic carbocycles. The van der Waals surface area contributed by atoms with Crippen LogP contribution in [0.5, 0.6) is 0 Å². The molecular weight excluding hydrogens is 542 g/mol. The third kappa shape index (κ3) is 5.30. The SMILES string of the molecule is O=C(Nc1cccc2c1nc1n2CCC1(F)F)c1ccc(NS(=O)(=O)CCO)cc1N1CCC(=C(F)F)CC1. The lowest BCUT2D eigenvalue weighted by Crippen LogP contribution is -2.32. The topological polar surface area (TPSA) is 117 Å². The van der Waals surface area contributed by atoms with Crippen molar-refractivity contribution in [2.75, 3.05) is 40.4 Å². The number of alkyl halides is 2. The van der Waals surface area contributed by atoms with Crippen molar-refractivity contribution in [3.63, 3.8) is 0 Å². The quantitative estimate of drug-likeness (QED) is 0.368. The van der Waals surface area contributed by atoms with Gasteiger partial charge in [0, 0.05) is 26.1 Å². The van der Waals surface area contributed by atoms with Gasteiger partial charge in [0.1, 0.15) is 5.52 Å². The number of carbonyl (C=O) groups is 1. The average Bonchev–Trinajstić information content (AvgIpc) is 3.41. The molecule has 2 aliphatic rings. The summed E-state index contributed by atoms with van der Waals surface area (Å²) in [5.41, 5.74) is 1.47. The van der Waals surface area contributed by atoms with Crippen molar-refractivity contribution in [2.24, 2.45) is 0 Å². The van der Waals surface area contributed by atoms with Crippen LogP contribution in [0.2, 0.25) is 0 Å². The number of nitrogens with one attached hydrogen (secondary N) is 2. The molecule has 1 fully saturated rings. The lowest BCUT2D eigenvalue weighted by Gasteiger charge is -2.31. The lowest BCUT2D eigenvalue weighted by molar-refractivity contribution is -0.00604. The van der Waals surface area contributed by atoms with Crippen LogP contribution in [0.25, 0.3) is 11.0 Å². The predicted molar refractivity (Wildman–Crippen MR) is 138 cm³/mol. The van der Waals surface area contributed by atoms with E-state index in [0.29, 0.717) is 11.2 Å². The molecule has 5 rings (SSSR count). The highest BCUT2D eigenvalue weighted by molar-refractivity contribution is 7.92. The number of carbonyl (C=O) groups excluding carboxylic acids is 1. The maximum absolute atomic E-state index is 14.3. The fourth-order valence-corrected chi connectivity index (χ4v) is 5.74. The van der Waals surface area contributed by atoms with E-state index in [4.69, 9.17) is 5.11 Å². The summed E-state index contributed by atoms with van der Waals surface area (Å²) in [5, 5.41) is 11.7. The van der Waals surface area contributed by atoms with E-state index in [0.717, 1.165) is 0 Å². The number of sulfonamides is 1. The maximum atomic E-state index is 14.3. The number of aromatic nitrogens is 2. The predicted octanol–water partition coefficient (Wildman–Crippen LogP) is 4.27. The molecule has 1 aromatic heterocycles. The van der Waals surface area contributed by atoms with Crippen LogP contribution in [0.4, 0.5) is 34.6 Å². The number of piperidine rings is 1. The molecule has 3 heterocycles. The Kier molecular flexibility index (Phi) is 7.01. The maximum Gasteiger partial charge on any atom is 0.306 e. The van der Waals surface area contributed by atoms with E-state index in [1.807, 2.05) is 0 Å². The lowest BCUT2D eigenvalue weighted by atomic mass is 10.0. The van der Waals surface area contributed by atoms with Gasteiger partial charge in [-0.05, 0) is 48.7 Å². The van der Waals surface area contributed by atoms with Crippen LogP contribution in [0.3, 0.4) is 0 Å². The summed E-state index contributed by atoms with van der Waals surface area (Å²) in [6.45, 7) is -0.164. The van der Waals surface area contributed by atoms with Gasteiger partial charge in [0.05, 0.1) is 40.5 Å². The van der Waals surface area contributed by atoms with Gasteiger partial charge in [-0.15, -0.1) is 0 Å². The molecule has 0 spiro atoms. The summed E-state index contributed by atoms with van der Waals surface area (Å²) in [4.78, 5) is 19.3. The number of imidazole rings is 1. The highest BCUT2D eigenvalue weighted by Gasteiger charge is 2.43. The van der Waals surface area contributed by atoms with Crippen LogP contribution in [-0.4, -0.2) is 54.4 Å². The molecule has 9 nitrogen and oxygen atoms in total. The number of para-hydroxylation sites is 1. The Hall–Kier alpha value is -3.65. The highest BCUT2D eigenvalue weighted by atomic mass is 32.2. The van der Waals surface area contributed by atoms with Crippen LogP contribution in [0.1, 0.15) is 35.4 Å². The first-order valence-corrected chi connectivity index (χ1v) is 13.9. The van der Waals surface area contributed by atoms with Gasteiger partial charge in [0.2, 0.25) is 10.0 Å². The first kappa shape index (κ1) is 26.9. The molecule has 0 atom stereocenters. The molecule has 0 saturated carbocycles. The smallest absolute Gasteiger partial charge is 0.306 e. The molecule has 0 unspecified atom stereocenters. The summed E-state index contributed by atoms with van der Waals surface area (Å²) in [6, 6.07) is 8.99. The zero-order valence-electron chi connectivity index (χ0n) is 20.6. The summed E-state index contributed by atoms with van der Waals surface area (Å²) < 4.78 is 82.9. The number of fused-ring (bicyclic) bond motifs is 3. The fourth-order valence-electron chi connectivity index (χ4n) is 4.91. The first-order valence-electron chi connectivity index (χ1n) is 12.2. The number of nitrogens with zero attached hydrogens (tertiary/aromatic N) is 3. The number of anilines is 3. The number of amides is 1. The number of rotatable bonds is 7. The van der Waals surface area contributed by atoms with Crippen molar-refractivity contribution >= 4 is 44.0 Å². The summed E-state index contributed by atoms with van der Waals surface area (Å²) in [5.74, 6) is -4.58. The van der Waals surface area contributed by atoms with Crippen LogP contribution in [0, 0.1) is 0 Å². The molecule has 0 bridgehead atoms. The Labute approximate surface area is 221 Å². The number of aliphatic hydroxyl groups is 1. The van der Waals surface area contributed by atoms with E-state index in [1.54, 1.807) is 23.1 Å². The van der Waals surface area contributed by atoms with E-state index in [9.17, 15) is 30.8 Å². The Morgan fingerprint density at radius 3 is 2.54 bits per heavy atom. The van der Waals surface area contributed by atoms with Crippen molar-refractivity contribution in [3.05, 3.63) is 59.4 Å². The molecule has 14 heteroatoms. The molecule has 3 N–H and O–H groups in total. The zero-order chi connectivity index (χ0) is 27.9. The van der Waals surface area contributed by atoms with Gasteiger partial charge in [0.15, 0.2) is 5.82 Å². The van der Waals surface area contributed by atoms with Crippen LogP contribution in [0.15, 0.2) is 48.1 Å². The number of benzene rings is 2. The van der Waals surface area contributed by atoms with Crippen molar-refractivity contribution < 1.29 is 35.9 Å². The summed E-state index contributed by atoms with van der Waals surface area (Å²) in [6.07, 6.45) is -1.95. The minimum absolute atomic E-state index is 0.0216. The minimum atomic E-state index is -3.86. The van der Waals surface area contributed by atoms with Crippen molar-refractivity contribution in [2.45, 2.75) is 31.7 Å². The van der Waals surface area contributed by atoms with Gasteiger partial charge >= 0.3 is 5.92 Å². The van der Waals surface area contributed by atoms with E-state index < -0.39 is 40.3 Å². The number of halogens is 4. The molecule has 2 aromatic carbocycles. The van der Waals surface area contributed by atoms with Crippen LogP contribution < -0.4 is 14.9 Å². The van der Waals surface area contributed by atoms with Gasteiger partial charge in [-0.1, -0.05) is 6.07 Å². The summed E-state index contributed by atoms with van der Waals surface area (Å²) in [7, 11) is -3.86. The first-order chi connectivity index (χ1) is 18.5. The van der Waals surface area contributed by atoms with E-state index in [-0.39, 0.29) is 72.7 Å². The standard InChI is InChI=1S/C25H25F4N5O4S/c26-22(27)15-6-9-33(10-7-15)20-14-16(32-39(37,38)13-12-35)4-5-17(20)23(36)30-18-2-1-3-19-21(18)31-24-25(28,29)8-11-34(19)24/h1-5,14,32,35H,6-13H2,(H,30,36). The molecule has 208 valence electrons. The van der Waals surface area contributed by atoms with E-state index in [2.05, 4.69) is 15.0 Å². The Bertz CT molecular complexity index is 1570. The van der Waals surface area contributed by atoms with Crippen molar-refractivity contribution in [1.29, 1.82) is 0 Å². The van der Waals surface area contributed by atoms with E-state index >= 15 is 0 Å². The van der Waals surface area contributed by atoms with Crippen LogP contribution in [-0.2, 0) is 22.5 Å². The fraction of sp³-hybridized carbons (Fsp3) is 0.360. The highest BCUT2D eigenvalue weighted by Crippen LogP contribution is 2.41. The molecule has 3 aromatic rings. The van der Waals surface area contributed by atoms with E-state index in [1.165, 1.54) is 22.8 Å². The van der Waals surface area contributed by atoms with Gasteiger partial charge in [-0.25, -0.2) is 13.4 Å². The largest absolute Gasteiger partial charge is 0.395 e.